The Balaban J connectivity index is 1.76. The second kappa shape index (κ2) is 11.2. The van der Waals surface area contributed by atoms with Gasteiger partial charge in [0.1, 0.15) is 6.61 Å². The first kappa shape index (κ1) is 10.6. The molecule has 0 amide bonds. The van der Waals surface area contributed by atoms with Crippen LogP contribution >= 0.6 is 0 Å². The maximum Gasteiger partial charge on any atom is 0.416 e. The minimum absolute atomic E-state index is 0.0199. The van der Waals surface area contributed by atoms with Crippen molar-refractivity contribution in [2.75, 3.05) is 13.0 Å². The lowest BCUT2D eigenvalue weighted by atomic mass is 9.78. The molecule has 190 valence electrons. The molecule has 1 aliphatic carbocycles. The van der Waals surface area contributed by atoms with Crippen LogP contribution in [-0.4, -0.2) is 23.6 Å². The largest absolute Gasteiger partial charge is 0.416 e. The highest BCUT2D eigenvalue weighted by Crippen LogP contribution is 2.42. The van der Waals surface area contributed by atoms with Crippen molar-refractivity contribution in [3.63, 3.8) is 0 Å². The van der Waals surface area contributed by atoms with Gasteiger partial charge in [0.25, 0.3) is 0 Å². The summed E-state index contributed by atoms with van der Waals surface area (Å²) < 4.78 is 209. The Hall–Kier alpha value is -2.34. The molecule has 6 heteroatoms. The zero-order valence-electron chi connectivity index (χ0n) is 38.9. The molecule has 3 nitrogen and oxygen atoms in total. The van der Waals surface area contributed by atoms with E-state index in [4.69, 9.17) is 32.3 Å². The lowest BCUT2D eigenvalue weighted by Crippen LogP contribution is -2.36. The van der Waals surface area contributed by atoms with Gasteiger partial charge in [-0.1, -0.05) is 56.0 Å². The van der Waals surface area contributed by atoms with Crippen LogP contribution in [0.1, 0.15) is 119 Å². The van der Waals surface area contributed by atoms with Gasteiger partial charge in [0.15, 0.2) is 0 Å². The van der Waals surface area contributed by atoms with Crippen LogP contribution in [0.5, 0.6) is 0 Å². The number of nitrogens with zero attached hydrogens (tertiary/aromatic N) is 2. The lowest BCUT2D eigenvalue weighted by Gasteiger charge is -2.31. The molecule has 1 saturated heterocycles. The van der Waals surface area contributed by atoms with E-state index in [1.54, 1.807) is 6.92 Å². The van der Waals surface area contributed by atoms with Crippen molar-refractivity contribution in [1.82, 2.24) is 4.90 Å². The molecule has 0 unspecified atom stereocenters. The van der Waals surface area contributed by atoms with E-state index < -0.39 is 105 Å². The highest BCUT2D eigenvalue weighted by Gasteiger charge is 2.36. The van der Waals surface area contributed by atoms with Gasteiger partial charge >= 0.3 is 6.18 Å². The van der Waals surface area contributed by atoms with E-state index in [9.17, 15) is 13.2 Å². The first-order valence-electron chi connectivity index (χ1n) is 20.7. The number of hydrogen-bond acceptors (Lipinski definition) is 3. The average Bonchev–Trinajstić information content (AvgIpc) is 3.03. The number of halogens is 3. The summed E-state index contributed by atoms with van der Waals surface area (Å²) in [5.74, 6) is -7.16. The molecular weight excluding hydrogens is 449 g/mol. The highest BCUT2D eigenvalue weighted by molar-refractivity contribution is 5.98. The zero-order valence-corrected chi connectivity index (χ0v) is 18.9. The minimum atomic E-state index is -5.47. The van der Waals surface area contributed by atoms with Gasteiger partial charge < -0.3 is 4.84 Å². The first-order valence-corrected chi connectivity index (χ1v) is 10.7. The number of alkyl halides is 3. The van der Waals surface area contributed by atoms with Crippen molar-refractivity contribution < 1.29 is 45.4 Å². The van der Waals surface area contributed by atoms with Crippen molar-refractivity contribution in [2.45, 2.75) is 84.2 Å². The van der Waals surface area contributed by atoms with Gasteiger partial charge in [0.05, 0.1) is 11.3 Å². The van der Waals surface area contributed by atoms with E-state index >= 15 is 0 Å². The van der Waals surface area contributed by atoms with Gasteiger partial charge in [-0.25, -0.2) is 0 Å². The number of benzene rings is 2. The molecule has 4 rings (SSSR count). The Kier molecular flexibility index (Phi) is 3.37. The quantitative estimate of drug-likeness (QED) is 0.271. The van der Waals surface area contributed by atoms with Crippen molar-refractivity contribution in [1.29, 1.82) is 0 Å². The third kappa shape index (κ3) is 6.46. The van der Waals surface area contributed by atoms with E-state index in [1.807, 2.05) is 0 Å². The third-order valence-electron chi connectivity index (χ3n) is 5.17. The molecular formula is C29H37F3N2O. The maximum absolute atomic E-state index is 14.6. The summed E-state index contributed by atoms with van der Waals surface area (Å²) in [7, 11) is 0. The predicted molar refractivity (Wildman–Crippen MR) is 135 cm³/mol. The number of hydrogen-bond donors (Lipinski definition) is 0. The molecule has 2 aromatic rings. The predicted octanol–water partition coefficient (Wildman–Crippen LogP) is 7.71. The van der Waals surface area contributed by atoms with E-state index in [2.05, 4.69) is 5.16 Å². The van der Waals surface area contributed by atoms with Crippen LogP contribution < -0.4 is 0 Å². The van der Waals surface area contributed by atoms with Gasteiger partial charge in [-0.05, 0) is 97.1 Å². The standard InChI is InChI=1S/C29H37F3N2O/c1-4-23-17-25(11-12-26(23)18-34-14-5-15-34)21(3)33-35-19-22-8-13-27(28(16-22)29(30,31)32)24-9-6-20(2)7-10-24/h8,11-13,16-17,20,24H,4-7,9-10,14-15,18-19H2,1-3H3/b33-21+/i3D3,5D,6D2,7D2,9D2,10D2,14D2,15D2,18D2,20D,24D. The molecule has 0 spiro atoms. The van der Waals surface area contributed by atoms with E-state index in [-0.39, 0.29) is 28.0 Å². The first-order chi connectivity index (χ1) is 24.4. The molecule has 1 saturated carbocycles. The molecule has 1 heterocycles. The topological polar surface area (TPSA) is 24.8 Å². The Labute approximate surface area is 235 Å². The zero-order chi connectivity index (χ0) is 42.8. The third-order valence-corrected chi connectivity index (χ3v) is 5.17. The summed E-state index contributed by atoms with van der Waals surface area (Å²) in [5, 5.41) is 3.61. The van der Waals surface area contributed by atoms with E-state index in [0.29, 0.717) is 19.1 Å². The fraction of sp³-hybridized carbons (Fsp3) is 0.552. The fourth-order valence-corrected chi connectivity index (χ4v) is 3.32. The summed E-state index contributed by atoms with van der Waals surface area (Å²) in [6, 6.07) is 4.93. The Morgan fingerprint density at radius 2 is 1.94 bits per heavy atom. The van der Waals surface area contributed by atoms with Crippen LogP contribution in [0.25, 0.3) is 0 Å². The van der Waals surface area contributed by atoms with Crippen molar-refractivity contribution >= 4 is 5.71 Å². The van der Waals surface area contributed by atoms with E-state index in [1.165, 1.54) is 6.07 Å². The molecule has 35 heavy (non-hydrogen) atoms. The number of aryl methyl sites for hydroxylation is 1. The maximum atomic E-state index is 14.6. The van der Waals surface area contributed by atoms with Gasteiger partial charge in [-0.15, -0.1) is 0 Å². The van der Waals surface area contributed by atoms with Gasteiger partial charge in [-0.2, -0.15) is 13.2 Å². The summed E-state index contributed by atoms with van der Waals surface area (Å²) in [4.78, 5) is 5.40. The fourth-order valence-electron chi connectivity index (χ4n) is 3.32. The van der Waals surface area contributed by atoms with E-state index in [0.717, 1.165) is 18.2 Å². The van der Waals surface area contributed by atoms with Crippen LogP contribution in [0, 0.1) is 5.89 Å². The van der Waals surface area contributed by atoms with Crippen LogP contribution in [0.4, 0.5) is 13.2 Å². The molecule has 0 radical (unpaired) electrons. The Bertz CT molecular complexity index is 1810. The smallest absolute Gasteiger partial charge is 0.391 e. The minimum Gasteiger partial charge on any atom is -0.391 e. The average molecular weight is 507 g/mol. The molecule has 0 aromatic heterocycles. The Morgan fingerprint density at radius 3 is 2.63 bits per heavy atom. The second-order valence-corrected chi connectivity index (χ2v) is 7.67. The molecule has 2 fully saturated rings. The van der Waals surface area contributed by atoms with Crippen molar-refractivity contribution in [2.24, 2.45) is 11.0 Å². The summed E-state index contributed by atoms with van der Waals surface area (Å²) in [6.45, 7) is -10.1. The van der Waals surface area contributed by atoms with Crippen LogP contribution in [0.3, 0.4) is 0 Å². The second-order valence-electron chi connectivity index (χ2n) is 7.67. The molecule has 1 aliphatic heterocycles. The highest BCUT2D eigenvalue weighted by atomic mass is 19.4. The van der Waals surface area contributed by atoms with Crippen molar-refractivity contribution in [3.05, 3.63) is 69.8 Å². The van der Waals surface area contributed by atoms with Gasteiger partial charge in [0, 0.05) is 33.9 Å². The van der Waals surface area contributed by atoms with Crippen LogP contribution in [0.15, 0.2) is 41.6 Å². The molecule has 2 aliphatic rings. The number of rotatable bonds is 8. The monoisotopic (exact) mass is 506 g/mol. The van der Waals surface area contributed by atoms with Crippen LogP contribution in [0.2, 0.25) is 0 Å². The van der Waals surface area contributed by atoms with Gasteiger partial charge in [-0.3, -0.25) is 4.90 Å². The van der Waals surface area contributed by atoms with Crippen LogP contribution in [-0.2, 0) is 30.5 Å². The molecule has 0 bridgehead atoms. The summed E-state index contributed by atoms with van der Waals surface area (Å²) in [6.07, 6.45) is -22.7. The molecule has 0 atom stereocenters. The number of likely N-dealkylation sites (tertiary alicyclic amines) is 1. The van der Waals surface area contributed by atoms with Gasteiger partial charge in [0.2, 0.25) is 0 Å². The van der Waals surface area contributed by atoms with Crippen molar-refractivity contribution in [3.8, 4) is 0 Å². The normalized spacial score (nSPS) is 44.2. The summed E-state index contributed by atoms with van der Waals surface area (Å²) in [5.41, 5.74) is -4.85. The molecule has 0 N–H and O–H groups in total. The Morgan fingerprint density at radius 1 is 1.17 bits per heavy atom. The number of oxime groups is 1. The lowest BCUT2D eigenvalue weighted by molar-refractivity contribution is -0.138. The molecule has 2 aromatic carbocycles. The SMILES string of the molecule is [2H]C1C([2H])([2H])N(C([2H])([2H])c2ccc(/C(=N/OCc3ccc(C4([2H])C([2H])([2H])C([2H])([2H])C([2H])(C)C([2H])([2H])C4([2H])[2H])c(C(F)(F)F)c3)C([2H])([2H])[2H])cc2CC)C1([2H])[2H]. The summed E-state index contributed by atoms with van der Waals surface area (Å²) >= 11 is 0.